The van der Waals surface area contributed by atoms with E-state index in [1.807, 2.05) is 11.8 Å². The summed E-state index contributed by atoms with van der Waals surface area (Å²) in [6.45, 7) is 4.20. The molecule has 12 heteroatoms. The molecule has 1 amide bonds. The zero-order chi connectivity index (χ0) is 20.8. The van der Waals surface area contributed by atoms with E-state index < -0.39 is 28.0 Å². The monoisotopic (exact) mass is 435 g/mol. The van der Waals surface area contributed by atoms with E-state index in [0.29, 0.717) is 17.9 Å². The Kier molecular flexibility index (Phi) is 6.09. The molecule has 2 fully saturated rings. The molecule has 0 bridgehead atoms. The van der Waals surface area contributed by atoms with Gasteiger partial charge in [0.25, 0.3) is 0 Å². The van der Waals surface area contributed by atoms with Gasteiger partial charge in [-0.3, -0.25) is 9.63 Å². The molecule has 6 atom stereocenters. The molecule has 3 aliphatic rings. The van der Waals surface area contributed by atoms with Crippen LogP contribution < -0.4 is 10.2 Å². The largest absolute Gasteiger partial charge is 0.477 e. The van der Waals surface area contributed by atoms with Crippen molar-refractivity contribution >= 4 is 33.7 Å². The van der Waals surface area contributed by atoms with Crippen molar-refractivity contribution in [2.75, 3.05) is 19.4 Å². The number of hydrogen-bond acceptors (Lipinski definition) is 8. The van der Waals surface area contributed by atoms with E-state index in [0.717, 1.165) is 6.26 Å². The lowest BCUT2D eigenvalue weighted by molar-refractivity contribution is -0.163. The number of sulfonamides is 1. The Bertz CT molecular complexity index is 798. The Morgan fingerprint density at radius 2 is 2.18 bits per heavy atom. The number of carbonyl (C=O) groups excluding carboxylic acids is 1. The normalized spacial score (nSPS) is 33.8. The molecule has 0 aromatic heterocycles. The molecule has 0 unspecified atom stereocenters. The fraction of sp³-hybridized carbons (Fsp3) is 0.750. The number of aliphatic hydroxyl groups excluding tert-OH is 1. The molecule has 10 nitrogen and oxygen atoms in total. The first-order valence-electron chi connectivity index (χ1n) is 8.98. The maximum absolute atomic E-state index is 12.4. The van der Waals surface area contributed by atoms with Crippen molar-refractivity contribution in [1.29, 1.82) is 0 Å². The predicted molar refractivity (Wildman–Crippen MR) is 101 cm³/mol. The van der Waals surface area contributed by atoms with Gasteiger partial charge < -0.3 is 20.4 Å². The summed E-state index contributed by atoms with van der Waals surface area (Å²) in [6.07, 6.45) is 0.839. The number of thioether (sulfide) groups is 1. The van der Waals surface area contributed by atoms with Crippen molar-refractivity contribution in [2.45, 2.75) is 43.7 Å². The third kappa shape index (κ3) is 4.07. The number of amides is 1. The van der Waals surface area contributed by atoms with Crippen LogP contribution in [0.2, 0.25) is 0 Å². The molecule has 4 N–H and O–H groups in total. The van der Waals surface area contributed by atoms with Gasteiger partial charge in [0.1, 0.15) is 5.70 Å². The molecule has 3 aliphatic heterocycles. The first-order chi connectivity index (χ1) is 13.0. The van der Waals surface area contributed by atoms with Crippen molar-refractivity contribution in [1.82, 2.24) is 15.1 Å². The third-order valence-corrected chi connectivity index (χ3v) is 7.21. The summed E-state index contributed by atoms with van der Waals surface area (Å²) in [6, 6.07) is -0.394. The Morgan fingerprint density at radius 3 is 2.75 bits per heavy atom. The van der Waals surface area contributed by atoms with Crippen LogP contribution in [0, 0.1) is 11.8 Å². The third-order valence-electron chi connectivity index (χ3n) is 5.28. The topological polar surface area (TPSA) is 145 Å². The average Bonchev–Trinajstić information content (AvgIpc) is 3.09. The molecule has 0 saturated carbocycles. The van der Waals surface area contributed by atoms with Gasteiger partial charge in [0.2, 0.25) is 15.9 Å². The SMILES string of the molecule is C[C@@H](O)[C@H]1C(=O)N2C(C(=O)O)=C(S[C@H]3CN[C@@H](CONS(C)(=O)=O)C3)[C@H](C)[C@H]12. The van der Waals surface area contributed by atoms with Crippen LogP contribution in [0.25, 0.3) is 0 Å². The molecule has 0 aromatic carbocycles. The van der Waals surface area contributed by atoms with Crippen LogP contribution in [0.1, 0.15) is 20.3 Å². The number of carboxylic acid groups (broad SMARTS) is 1. The van der Waals surface area contributed by atoms with Gasteiger partial charge in [-0.2, -0.15) is 0 Å². The van der Waals surface area contributed by atoms with E-state index in [2.05, 4.69) is 5.32 Å². The van der Waals surface area contributed by atoms with Crippen LogP contribution in [-0.2, 0) is 24.4 Å². The number of β-lactam (4-membered cyclic amide) rings is 1. The first-order valence-corrected chi connectivity index (χ1v) is 11.8. The second-order valence-electron chi connectivity index (χ2n) is 7.52. The Labute approximate surface area is 167 Å². The smallest absolute Gasteiger partial charge is 0.353 e. The summed E-state index contributed by atoms with van der Waals surface area (Å²) < 4.78 is 22.1. The van der Waals surface area contributed by atoms with Gasteiger partial charge in [-0.15, -0.1) is 11.8 Å². The Hall–Kier alpha value is -1.18. The second kappa shape index (κ2) is 7.92. The highest BCUT2D eigenvalue weighted by Gasteiger charge is 2.60. The molecule has 0 aliphatic carbocycles. The van der Waals surface area contributed by atoms with E-state index in [1.165, 1.54) is 16.7 Å². The minimum atomic E-state index is -3.43. The molecular formula is C16H25N3O7S2. The molecule has 158 valence electrons. The summed E-state index contributed by atoms with van der Waals surface area (Å²) in [5.41, 5.74) is 0.0165. The fourth-order valence-electron chi connectivity index (χ4n) is 4.10. The molecule has 2 saturated heterocycles. The van der Waals surface area contributed by atoms with E-state index in [9.17, 15) is 28.2 Å². The van der Waals surface area contributed by atoms with E-state index >= 15 is 0 Å². The molecule has 0 aromatic rings. The molecule has 0 spiro atoms. The van der Waals surface area contributed by atoms with E-state index in [4.69, 9.17) is 4.84 Å². The van der Waals surface area contributed by atoms with Crippen LogP contribution in [0.15, 0.2) is 10.6 Å². The lowest BCUT2D eigenvalue weighted by Gasteiger charge is -2.46. The van der Waals surface area contributed by atoms with Crippen molar-refractivity contribution in [3.05, 3.63) is 10.6 Å². The number of aliphatic hydroxyl groups is 1. The number of fused-ring (bicyclic) bond motifs is 1. The van der Waals surface area contributed by atoms with Gasteiger partial charge in [0.15, 0.2) is 0 Å². The van der Waals surface area contributed by atoms with Crippen LogP contribution in [-0.4, -0.2) is 78.3 Å². The summed E-state index contributed by atoms with van der Waals surface area (Å²) in [5.74, 6) is -2.23. The number of carboxylic acids is 1. The molecule has 3 heterocycles. The fourth-order valence-corrected chi connectivity index (χ4v) is 5.90. The van der Waals surface area contributed by atoms with Gasteiger partial charge in [-0.25, -0.2) is 13.2 Å². The number of nitrogens with zero attached hydrogens (tertiary/aromatic N) is 1. The first kappa shape index (κ1) is 21.5. The van der Waals surface area contributed by atoms with Crippen LogP contribution in [0.4, 0.5) is 0 Å². The molecule has 28 heavy (non-hydrogen) atoms. The average molecular weight is 436 g/mol. The second-order valence-corrected chi connectivity index (χ2v) is 10.6. The highest BCUT2D eigenvalue weighted by Crippen LogP contribution is 2.51. The minimum absolute atomic E-state index is 0.0165. The minimum Gasteiger partial charge on any atom is -0.477 e. The zero-order valence-corrected chi connectivity index (χ0v) is 17.4. The maximum Gasteiger partial charge on any atom is 0.353 e. The van der Waals surface area contributed by atoms with Gasteiger partial charge in [-0.05, 0) is 13.3 Å². The number of nitrogens with one attached hydrogen (secondary N) is 2. The zero-order valence-electron chi connectivity index (χ0n) is 15.8. The van der Waals surface area contributed by atoms with Crippen LogP contribution >= 0.6 is 11.8 Å². The highest BCUT2D eigenvalue weighted by molar-refractivity contribution is 8.03. The Balaban J connectivity index is 1.65. The summed E-state index contributed by atoms with van der Waals surface area (Å²) >= 11 is 1.43. The number of rotatable bonds is 8. The van der Waals surface area contributed by atoms with Gasteiger partial charge in [0.05, 0.1) is 30.9 Å². The Morgan fingerprint density at radius 1 is 1.50 bits per heavy atom. The molecule has 3 rings (SSSR count). The van der Waals surface area contributed by atoms with Crippen LogP contribution in [0.5, 0.6) is 0 Å². The van der Waals surface area contributed by atoms with Crippen molar-refractivity contribution in [3.63, 3.8) is 0 Å². The number of aliphatic carboxylic acids is 1. The molecular weight excluding hydrogens is 410 g/mol. The van der Waals surface area contributed by atoms with Gasteiger partial charge >= 0.3 is 5.97 Å². The van der Waals surface area contributed by atoms with Crippen molar-refractivity contribution < 1.29 is 33.1 Å². The van der Waals surface area contributed by atoms with Crippen molar-refractivity contribution in [3.8, 4) is 0 Å². The number of carbonyl (C=O) groups is 2. The van der Waals surface area contributed by atoms with E-state index in [1.54, 1.807) is 6.92 Å². The molecule has 0 radical (unpaired) electrons. The van der Waals surface area contributed by atoms with Crippen molar-refractivity contribution in [2.24, 2.45) is 11.8 Å². The van der Waals surface area contributed by atoms with Gasteiger partial charge in [-0.1, -0.05) is 11.8 Å². The number of hydrogen-bond donors (Lipinski definition) is 4. The standard InChI is InChI=1S/C16H25N3O7S2/c1-7-12-11(8(2)20)15(21)19(12)13(16(22)23)14(7)27-10-4-9(17-5-10)6-26-18-28(3,24)25/h7-12,17-18,20H,4-6H2,1-3H3,(H,22,23)/t7-,8-,9-,10-,11-,12-/m1/s1. The quantitative estimate of drug-likeness (QED) is 0.281. The highest BCUT2D eigenvalue weighted by atomic mass is 32.2. The summed E-state index contributed by atoms with van der Waals surface area (Å²) in [5, 5.41) is 22.8. The van der Waals surface area contributed by atoms with Gasteiger partial charge in [0, 0.05) is 28.7 Å². The van der Waals surface area contributed by atoms with Crippen LogP contribution in [0.3, 0.4) is 0 Å². The maximum atomic E-state index is 12.4. The summed E-state index contributed by atoms with van der Waals surface area (Å²) in [4.78, 5) is 33.1. The predicted octanol–water partition coefficient (Wildman–Crippen LogP) is -0.915. The lowest BCUT2D eigenvalue weighted by atomic mass is 9.79. The van der Waals surface area contributed by atoms with E-state index in [-0.39, 0.29) is 41.5 Å². The summed E-state index contributed by atoms with van der Waals surface area (Å²) in [7, 11) is -3.43. The lowest BCUT2D eigenvalue weighted by Crippen LogP contribution is -2.63.